The second-order valence-corrected chi connectivity index (χ2v) is 12.6. The summed E-state index contributed by atoms with van der Waals surface area (Å²) in [6.07, 6.45) is 11.4. The lowest BCUT2D eigenvalue weighted by Gasteiger charge is -2.34. The number of hydrogen-bond acceptors (Lipinski definition) is 5. The van der Waals surface area contributed by atoms with Crippen molar-refractivity contribution in [3.8, 4) is 5.75 Å². The Morgan fingerprint density at radius 3 is 2.22 bits per heavy atom. The maximum Gasteiger partial charge on any atom is 0.255 e. The SMILES string of the molecule is C.C.C=C/C=C\C(=NC)C(C)(C)C.C=CC(=O)CCCc1ccc(NC(=O)c2ccc(OC3CCN(C(C)C)CC3)cc2C)cc1.[HH].[HH]. The van der Waals surface area contributed by atoms with Crippen molar-refractivity contribution in [2.75, 3.05) is 25.5 Å². The topological polar surface area (TPSA) is 71.0 Å². The van der Waals surface area contributed by atoms with E-state index in [1.54, 1.807) is 6.08 Å². The van der Waals surface area contributed by atoms with Gasteiger partial charge in [-0.15, -0.1) is 0 Å². The van der Waals surface area contributed by atoms with E-state index in [9.17, 15) is 9.59 Å². The Morgan fingerprint density at radius 2 is 1.72 bits per heavy atom. The molecule has 0 aromatic heterocycles. The van der Waals surface area contributed by atoms with Gasteiger partial charge in [-0.3, -0.25) is 14.6 Å². The van der Waals surface area contributed by atoms with Gasteiger partial charge >= 0.3 is 0 Å². The molecule has 6 nitrogen and oxygen atoms in total. The highest BCUT2D eigenvalue weighted by Gasteiger charge is 2.22. The highest BCUT2D eigenvalue weighted by Crippen LogP contribution is 2.24. The van der Waals surface area contributed by atoms with Gasteiger partial charge < -0.3 is 15.0 Å². The summed E-state index contributed by atoms with van der Waals surface area (Å²) in [5, 5.41) is 2.97. The Morgan fingerprint density at radius 1 is 1.09 bits per heavy atom. The van der Waals surface area contributed by atoms with E-state index in [1.165, 1.54) is 6.08 Å². The Kier molecular flexibility index (Phi) is 19.4. The number of ketones is 1. The molecule has 1 N–H and O–H groups in total. The first-order chi connectivity index (χ1) is 20.9. The van der Waals surface area contributed by atoms with E-state index in [0.717, 1.165) is 67.0 Å². The number of nitrogens with one attached hydrogen (secondary N) is 1. The van der Waals surface area contributed by atoms with Crippen LogP contribution in [0.5, 0.6) is 5.75 Å². The summed E-state index contributed by atoms with van der Waals surface area (Å²) < 4.78 is 6.20. The van der Waals surface area contributed by atoms with Gasteiger partial charge in [-0.25, -0.2) is 0 Å². The van der Waals surface area contributed by atoms with Crippen LogP contribution >= 0.6 is 0 Å². The van der Waals surface area contributed by atoms with Gasteiger partial charge in [-0.2, -0.15) is 0 Å². The maximum absolute atomic E-state index is 12.8. The number of allylic oxidation sites excluding steroid dienone is 4. The van der Waals surface area contributed by atoms with Crippen LogP contribution in [0.15, 0.2) is 84.9 Å². The molecule has 1 aliphatic rings. The van der Waals surface area contributed by atoms with Gasteiger partial charge in [0.05, 0.1) is 0 Å². The summed E-state index contributed by atoms with van der Waals surface area (Å²) in [7, 11) is 1.81. The number of anilines is 1. The highest BCUT2D eigenvalue weighted by molar-refractivity contribution is 6.05. The molecular weight excluding hydrogens is 570 g/mol. The molecule has 0 unspecified atom stereocenters. The fourth-order valence-electron chi connectivity index (χ4n) is 5.01. The van der Waals surface area contributed by atoms with E-state index in [0.29, 0.717) is 18.0 Å². The van der Waals surface area contributed by atoms with Gasteiger partial charge in [-0.1, -0.05) is 73.1 Å². The van der Waals surface area contributed by atoms with Crippen molar-refractivity contribution >= 4 is 23.1 Å². The molecule has 1 fully saturated rings. The lowest BCUT2D eigenvalue weighted by Crippen LogP contribution is -2.41. The van der Waals surface area contributed by atoms with Crippen LogP contribution < -0.4 is 10.1 Å². The number of carbonyl (C=O) groups is 2. The minimum Gasteiger partial charge on any atom is -0.490 e. The zero-order chi connectivity index (χ0) is 32.7. The smallest absolute Gasteiger partial charge is 0.255 e. The third kappa shape index (κ3) is 14.6. The van der Waals surface area contributed by atoms with E-state index in [-0.39, 0.29) is 40.9 Å². The van der Waals surface area contributed by atoms with Gasteiger partial charge in [0, 0.05) is 57.8 Å². The number of nitrogens with zero attached hydrogens (tertiary/aromatic N) is 2. The van der Waals surface area contributed by atoms with Gasteiger partial charge in [0.2, 0.25) is 0 Å². The molecule has 258 valence electrons. The number of amides is 1. The molecule has 0 spiro atoms. The van der Waals surface area contributed by atoms with Crippen LogP contribution in [0, 0.1) is 12.3 Å². The fraction of sp³-hybridized carbons (Fsp3) is 0.475. The van der Waals surface area contributed by atoms with E-state index < -0.39 is 0 Å². The van der Waals surface area contributed by atoms with E-state index in [2.05, 4.69) is 63.0 Å². The molecule has 1 amide bonds. The van der Waals surface area contributed by atoms with Crippen LogP contribution in [-0.2, 0) is 11.2 Å². The van der Waals surface area contributed by atoms with E-state index in [1.807, 2.05) is 68.6 Å². The quantitative estimate of drug-likeness (QED) is 0.143. The monoisotopic (exact) mass is 636 g/mol. The average molecular weight is 636 g/mol. The number of carbonyl (C=O) groups excluding carboxylic acids is 2. The number of rotatable bonds is 12. The van der Waals surface area contributed by atoms with Crippen molar-refractivity contribution < 1.29 is 17.2 Å². The predicted molar refractivity (Wildman–Crippen MR) is 204 cm³/mol. The molecule has 6 heteroatoms. The molecule has 1 aliphatic heterocycles. The first kappa shape index (κ1) is 42.2. The summed E-state index contributed by atoms with van der Waals surface area (Å²) in [4.78, 5) is 30.8. The number of hydrogen-bond donors (Lipinski definition) is 1. The molecule has 2 aromatic carbocycles. The minimum atomic E-state index is -0.131. The lowest BCUT2D eigenvalue weighted by atomic mass is 9.89. The van der Waals surface area contributed by atoms with Crippen molar-refractivity contribution in [3.05, 3.63) is 96.6 Å². The molecule has 1 saturated heterocycles. The average Bonchev–Trinajstić information content (AvgIpc) is 2.98. The summed E-state index contributed by atoms with van der Waals surface area (Å²) >= 11 is 0. The molecule has 0 aliphatic carbocycles. The molecule has 2 aromatic rings. The van der Waals surface area contributed by atoms with Gasteiger partial charge in [-0.05, 0) is 100 Å². The fourth-order valence-corrected chi connectivity index (χ4v) is 5.01. The predicted octanol–water partition coefficient (Wildman–Crippen LogP) is 10.2. The van der Waals surface area contributed by atoms with Crippen LogP contribution in [0.4, 0.5) is 5.69 Å². The Labute approximate surface area is 283 Å². The molecule has 0 saturated carbocycles. The Hall–Kier alpha value is -3.77. The van der Waals surface area contributed by atoms with Crippen LogP contribution in [0.2, 0.25) is 0 Å². The van der Waals surface area contributed by atoms with Crippen molar-refractivity contribution in [2.45, 2.75) is 101 Å². The van der Waals surface area contributed by atoms with E-state index in [4.69, 9.17) is 4.74 Å². The normalized spacial score (nSPS) is 14.0. The summed E-state index contributed by atoms with van der Waals surface area (Å²) in [6.45, 7) is 22.1. The third-order valence-corrected chi connectivity index (χ3v) is 7.68. The first-order valence-corrected chi connectivity index (χ1v) is 15.7. The summed E-state index contributed by atoms with van der Waals surface area (Å²) in [5.41, 5.74) is 4.66. The molecule has 46 heavy (non-hydrogen) atoms. The van der Waals surface area contributed by atoms with Crippen molar-refractivity contribution in [2.24, 2.45) is 10.4 Å². The standard InChI is InChI=1S/C28H36N2O3.C10H17N.2CH4.2H2/c1-5-24(31)8-6-7-22-9-11-23(12-10-22)29-28(32)27-14-13-26(19-21(27)4)33-25-15-17-30(18-16-25)20(2)3;1-6-7-8-9(11-5)10(2,3)4;;;;/h5,9-14,19-20,25H,1,6-8,15-18H2,2-4H3,(H,29,32);6-8H,1H2,2-5H3;2*1H4;2*1H/b;8-7-,11-9?;;;;. The van der Waals surface area contributed by atoms with Crippen molar-refractivity contribution in [1.82, 2.24) is 4.90 Å². The maximum atomic E-state index is 12.8. The third-order valence-electron chi connectivity index (χ3n) is 7.68. The van der Waals surface area contributed by atoms with Gasteiger partial charge in [0.15, 0.2) is 5.78 Å². The van der Waals surface area contributed by atoms with Crippen molar-refractivity contribution in [1.29, 1.82) is 0 Å². The summed E-state index contributed by atoms with van der Waals surface area (Å²) in [5.74, 6) is 0.766. The molecule has 0 radical (unpaired) electrons. The van der Waals surface area contributed by atoms with Gasteiger partial charge in [0.1, 0.15) is 11.9 Å². The Bertz CT molecular complexity index is 1300. The number of ether oxygens (including phenoxy) is 1. The first-order valence-electron chi connectivity index (χ1n) is 15.7. The van der Waals surface area contributed by atoms with Gasteiger partial charge in [0.25, 0.3) is 5.91 Å². The zero-order valence-corrected chi connectivity index (χ0v) is 28.0. The van der Waals surface area contributed by atoms with Crippen molar-refractivity contribution in [3.63, 3.8) is 0 Å². The number of benzene rings is 2. The molecule has 0 atom stereocenters. The lowest BCUT2D eigenvalue weighted by molar-refractivity contribution is -0.114. The molecular formula is C40H65N3O3. The zero-order valence-electron chi connectivity index (χ0n) is 28.0. The molecule has 3 rings (SSSR count). The van der Waals surface area contributed by atoms with Crippen LogP contribution in [0.3, 0.4) is 0 Å². The van der Waals surface area contributed by atoms with Crippen LogP contribution in [0.1, 0.15) is 99.5 Å². The largest absolute Gasteiger partial charge is 0.490 e. The summed E-state index contributed by atoms with van der Waals surface area (Å²) in [6, 6.07) is 14.0. The highest BCUT2D eigenvalue weighted by atomic mass is 16.5. The number of aryl methyl sites for hydroxylation is 2. The van der Waals surface area contributed by atoms with E-state index >= 15 is 0 Å². The Balaban J connectivity index is -0.00000117. The molecule has 0 bridgehead atoms. The van der Waals surface area contributed by atoms with Crippen LogP contribution in [-0.4, -0.2) is 54.6 Å². The number of aliphatic imine (C=N–C) groups is 1. The minimum absolute atomic E-state index is 0. The second kappa shape index (κ2) is 21.1. The number of piperidine rings is 1. The number of likely N-dealkylation sites (tertiary alicyclic amines) is 1. The molecule has 1 heterocycles. The second-order valence-electron chi connectivity index (χ2n) is 12.6. The van der Waals surface area contributed by atoms with Crippen LogP contribution in [0.25, 0.3) is 0 Å².